The summed E-state index contributed by atoms with van der Waals surface area (Å²) in [5.74, 6) is 0.757. The minimum absolute atomic E-state index is 0.280. The molecule has 1 aromatic carbocycles. The van der Waals surface area contributed by atoms with Crippen LogP contribution < -0.4 is 4.74 Å². The summed E-state index contributed by atoms with van der Waals surface area (Å²) in [5.41, 5.74) is 1.26. The van der Waals surface area contributed by atoms with Crippen molar-refractivity contribution in [1.29, 1.82) is 0 Å². The Balaban J connectivity index is 2.06. The molecule has 3 nitrogen and oxygen atoms in total. The lowest BCUT2D eigenvalue weighted by atomic mass is 10.1. The van der Waals surface area contributed by atoms with Gasteiger partial charge in [0, 0.05) is 10.9 Å². The number of nitrogens with zero attached hydrogens (tertiary/aromatic N) is 1. The van der Waals surface area contributed by atoms with E-state index < -0.39 is 5.60 Å². The maximum absolute atomic E-state index is 9.58. The first-order valence-corrected chi connectivity index (χ1v) is 6.70. The highest BCUT2D eigenvalue weighted by Gasteiger charge is 2.13. The molecule has 0 unspecified atom stereocenters. The lowest BCUT2D eigenvalue weighted by Gasteiger charge is -2.17. The van der Waals surface area contributed by atoms with Crippen LogP contribution in [0.15, 0.2) is 29.6 Å². The Labute approximate surface area is 111 Å². The van der Waals surface area contributed by atoms with Gasteiger partial charge >= 0.3 is 0 Å². The van der Waals surface area contributed by atoms with Crippen molar-refractivity contribution < 1.29 is 9.84 Å². The number of thiazole rings is 1. The van der Waals surface area contributed by atoms with Crippen molar-refractivity contribution in [3.63, 3.8) is 0 Å². The number of ether oxygens (including phenoxy) is 1. The van der Waals surface area contributed by atoms with Crippen molar-refractivity contribution in [2.45, 2.75) is 26.4 Å². The first-order chi connectivity index (χ1) is 8.44. The lowest BCUT2D eigenvalue weighted by Crippen LogP contribution is -2.27. The van der Waals surface area contributed by atoms with Crippen LogP contribution in [0.25, 0.3) is 11.3 Å². The van der Waals surface area contributed by atoms with Crippen LogP contribution in [-0.2, 0) is 0 Å². The van der Waals surface area contributed by atoms with Crippen molar-refractivity contribution in [3.05, 3.63) is 34.7 Å². The van der Waals surface area contributed by atoms with Crippen LogP contribution in [0.1, 0.15) is 18.9 Å². The number of aromatic nitrogens is 1. The molecule has 0 saturated carbocycles. The summed E-state index contributed by atoms with van der Waals surface area (Å²) in [6.45, 7) is 5.72. The predicted octanol–water partition coefficient (Wildman–Crippen LogP) is 3.27. The molecule has 0 amide bonds. The summed E-state index contributed by atoms with van der Waals surface area (Å²) in [4.78, 5) is 4.43. The normalized spacial score (nSPS) is 11.6. The van der Waals surface area contributed by atoms with E-state index in [1.165, 1.54) is 0 Å². The van der Waals surface area contributed by atoms with Crippen molar-refractivity contribution in [2.24, 2.45) is 0 Å². The van der Waals surface area contributed by atoms with Gasteiger partial charge in [0.25, 0.3) is 0 Å². The van der Waals surface area contributed by atoms with E-state index in [4.69, 9.17) is 4.74 Å². The fraction of sp³-hybridized carbons (Fsp3) is 0.357. The molecule has 0 fully saturated rings. The van der Waals surface area contributed by atoms with Crippen LogP contribution in [0.2, 0.25) is 0 Å². The third-order valence-electron chi connectivity index (χ3n) is 2.36. The maximum atomic E-state index is 9.58. The fourth-order valence-electron chi connectivity index (χ4n) is 1.48. The monoisotopic (exact) mass is 263 g/mol. The molecule has 1 heterocycles. The van der Waals surface area contributed by atoms with E-state index >= 15 is 0 Å². The van der Waals surface area contributed by atoms with Crippen LogP contribution in [0, 0.1) is 6.92 Å². The molecular weight excluding hydrogens is 246 g/mol. The van der Waals surface area contributed by atoms with Gasteiger partial charge in [-0.15, -0.1) is 11.3 Å². The lowest BCUT2D eigenvalue weighted by molar-refractivity contribution is 0.0285. The molecule has 0 bridgehead atoms. The second kappa shape index (κ2) is 5.08. The van der Waals surface area contributed by atoms with E-state index in [9.17, 15) is 5.11 Å². The maximum Gasteiger partial charge on any atom is 0.119 e. The predicted molar refractivity (Wildman–Crippen MR) is 74.1 cm³/mol. The minimum Gasteiger partial charge on any atom is -0.491 e. The first-order valence-electron chi connectivity index (χ1n) is 5.82. The molecule has 4 heteroatoms. The zero-order valence-electron chi connectivity index (χ0n) is 10.8. The minimum atomic E-state index is -0.815. The van der Waals surface area contributed by atoms with Gasteiger partial charge in [0.1, 0.15) is 12.4 Å². The highest BCUT2D eigenvalue weighted by molar-refractivity contribution is 7.09. The van der Waals surface area contributed by atoms with Gasteiger partial charge in [0.2, 0.25) is 0 Å². The number of benzene rings is 1. The van der Waals surface area contributed by atoms with Crippen LogP contribution in [0.5, 0.6) is 5.75 Å². The third kappa shape index (κ3) is 3.55. The van der Waals surface area contributed by atoms with Crippen molar-refractivity contribution >= 4 is 11.3 Å². The molecule has 1 aromatic heterocycles. The Morgan fingerprint density at radius 2 is 1.94 bits per heavy atom. The molecule has 18 heavy (non-hydrogen) atoms. The molecule has 0 aliphatic carbocycles. The molecule has 0 spiro atoms. The Morgan fingerprint density at radius 3 is 2.44 bits per heavy atom. The van der Waals surface area contributed by atoms with Gasteiger partial charge in [0.05, 0.1) is 16.3 Å². The second-order valence-corrected chi connectivity index (χ2v) is 5.94. The highest BCUT2D eigenvalue weighted by Crippen LogP contribution is 2.24. The second-order valence-electron chi connectivity index (χ2n) is 4.88. The van der Waals surface area contributed by atoms with Crippen LogP contribution in [0.4, 0.5) is 0 Å². The summed E-state index contributed by atoms with van der Waals surface area (Å²) in [7, 11) is 0. The third-order valence-corrected chi connectivity index (χ3v) is 3.13. The Kier molecular flexibility index (Phi) is 3.68. The number of rotatable bonds is 4. The van der Waals surface area contributed by atoms with E-state index in [1.54, 1.807) is 25.2 Å². The number of aryl methyl sites for hydroxylation is 1. The first kappa shape index (κ1) is 13.1. The molecule has 0 radical (unpaired) electrons. The Bertz CT molecular complexity index is 511. The molecular formula is C14H17NO2S. The van der Waals surface area contributed by atoms with E-state index in [0.717, 1.165) is 22.0 Å². The summed E-state index contributed by atoms with van der Waals surface area (Å²) in [6.07, 6.45) is 0. The van der Waals surface area contributed by atoms with Gasteiger partial charge in [-0.1, -0.05) is 0 Å². The van der Waals surface area contributed by atoms with Crippen LogP contribution >= 0.6 is 11.3 Å². The van der Waals surface area contributed by atoms with E-state index in [2.05, 4.69) is 4.98 Å². The summed E-state index contributed by atoms with van der Waals surface area (Å²) in [5, 5.41) is 12.7. The number of hydrogen-bond acceptors (Lipinski definition) is 4. The van der Waals surface area contributed by atoms with Gasteiger partial charge in [0.15, 0.2) is 0 Å². The van der Waals surface area contributed by atoms with E-state index in [-0.39, 0.29) is 6.61 Å². The molecule has 0 atom stereocenters. The van der Waals surface area contributed by atoms with Gasteiger partial charge in [-0.3, -0.25) is 0 Å². The van der Waals surface area contributed by atoms with E-state index in [1.807, 2.05) is 36.6 Å². The smallest absolute Gasteiger partial charge is 0.119 e. The van der Waals surface area contributed by atoms with Crippen molar-refractivity contribution in [2.75, 3.05) is 6.61 Å². The number of aliphatic hydroxyl groups is 1. The largest absolute Gasteiger partial charge is 0.491 e. The van der Waals surface area contributed by atoms with Gasteiger partial charge in [-0.05, 0) is 45.0 Å². The zero-order chi connectivity index (χ0) is 13.2. The van der Waals surface area contributed by atoms with Gasteiger partial charge in [-0.2, -0.15) is 0 Å². The summed E-state index contributed by atoms with van der Waals surface area (Å²) in [6, 6.07) is 7.76. The Hall–Kier alpha value is -1.39. The highest BCUT2D eigenvalue weighted by atomic mass is 32.1. The molecule has 2 rings (SSSR count). The fourth-order valence-corrected chi connectivity index (χ4v) is 2.10. The van der Waals surface area contributed by atoms with Gasteiger partial charge < -0.3 is 9.84 Å². The molecule has 0 aliphatic rings. The van der Waals surface area contributed by atoms with Crippen molar-refractivity contribution in [3.8, 4) is 17.0 Å². The molecule has 0 saturated heterocycles. The van der Waals surface area contributed by atoms with Crippen molar-refractivity contribution in [1.82, 2.24) is 4.98 Å². The summed E-state index contributed by atoms with van der Waals surface area (Å²) >= 11 is 1.64. The molecule has 0 aliphatic heterocycles. The quantitative estimate of drug-likeness (QED) is 0.920. The van der Waals surface area contributed by atoms with E-state index in [0.29, 0.717) is 0 Å². The average molecular weight is 263 g/mol. The molecule has 96 valence electrons. The SMILES string of the molecule is Cc1nc(-c2ccc(OCC(C)(C)O)cc2)cs1. The standard InChI is InChI=1S/C14H17NO2S/c1-10-15-13(8-18-10)11-4-6-12(7-5-11)17-9-14(2,3)16/h4-8,16H,9H2,1-3H3. The Morgan fingerprint density at radius 1 is 1.28 bits per heavy atom. The number of hydrogen-bond donors (Lipinski definition) is 1. The molecule has 1 N–H and O–H groups in total. The molecule has 2 aromatic rings. The van der Waals surface area contributed by atoms with Gasteiger partial charge in [-0.25, -0.2) is 4.98 Å². The van der Waals surface area contributed by atoms with Crippen LogP contribution in [-0.4, -0.2) is 22.3 Å². The van der Waals surface area contributed by atoms with Crippen LogP contribution in [0.3, 0.4) is 0 Å². The zero-order valence-corrected chi connectivity index (χ0v) is 11.6. The summed E-state index contributed by atoms with van der Waals surface area (Å²) < 4.78 is 5.50. The topological polar surface area (TPSA) is 42.4 Å². The average Bonchev–Trinajstić information content (AvgIpc) is 2.73.